The minimum absolute atomic E-state index is 0.683. The first kappa shape index (κ1) is 6.11. The molecule has 0 bridgehead atoms. The summed E-state index contributed by atoms with van der Waals surface area (Å²) in [6.07, 6.45) is 6.55. The molecule has 3 N–H and O–H groups in total. The van der Waals surface area contributed by atoms with Crippen LogP contribution in [0, 0.1) is 0 Å². The molecule has 0 aromatic carbocycles. The Balaban J connectivity index is 2.41. The minimum atomic E-state index is 0.683. The van der Waals surface area contributed by atoms with E-state index in [0.717, 1.165) is 5.70 Å². The Morgan fingerprint density at radius 3 is 3.27 bits per heavy atom. The highest BCUT2D eigenvalue weighted by molar-refractivity contribution is 6.05. The van der Waals surface area contributed by atoms with Gasteiger partial charge in [0.2, 0.25) is 0 Å². The first-order valence-electron chi connectivity index (χ1n) is 3.15. The van der Waals surface area contributed by atoms with Crippen molar-refractivity contribution in [2.75, 3.05) is 0 Å². The zero-order valence-corrected chi connectivity index (χ0v) is 5.73. The van der Waals surface area contributed by atoms with Gasteiger partial charge in [0, 0.05) is 12.4 Å². The normalized spacial score (nSPS) is 20.3. The summed E-state index contributed by atoms with van der Waals surface area (Å²) in [5, 5.41) is 4.33. The van der Waals surface area contributed by atoms with Crippen molar-refractivity contribution in [3.05, 3.63) is 24.3 Å². The molecule has 0 aromatic heterocycles. The average molecular weight is 149 g/mol. The second-order valence-corrected chi connectivity index (χ2v) is 2.13. The van der Waals surface area contributed by atoms with E-state index in [-0.39, 0.29) is 0 Å². The number of nitrogens with two attached hydrogens (primary N) is 1. The molecule has 2 aliphatic rings. The van der Waals surface area contributed by atoms with Crippen LogP contribution in [0.25, 0.3) is 0 Å². The summed E-state index contributed by atoms with van der Waals surface area (Å²) in [7, 11) is 0. The van der Waals surface area contributed by atoms with Crippen LogP contribution in [0.2, 0.25) is 0 Å². The molecule has 2 heterocycles. The second-order valence-electron chi connectivity index (χ2n) is 2.13. The van der Waals surface area contributed by atoms with Gasteiger partial charge < -0.3 is 5.32 Å². The van der Waals surface area contributed by atoms with Gasteiger partial charge in [-0.1, -0.05) is 0 Å². The lowest BCUT2D eigenvalue weighted by atomic mass is 10.3. The zero-order chi connectivity index (χ0) is 7.68. The van der Waals surface area contributed by atoms with E-state index in [1.165, 1.54) is 11.3 Å². The van der Waals surface area contributed by atoms with Gasteiger partial charge >= 0.3 is 0 Å². The van der Waals surface area contributed by atoms with E-state index in [1.807, 2.05) is 0 Å². The molecule has 0 aromatic rings. The third kappa shape index (κ3) is 0.908. The lowest BCUT2D eigenvalue weighted by molar-refractivity contribution is 0.658. The molecular formula is C6H7N5. The molecule has 0 aliphatic carbocycles. The lowest BCUT2D eigenvalue weighted by Crippen LogP contribution is -2.42. The fourth-order valence-electron chi connectivity index (χ4n) is 0.904. The molecule has 0 fully saturated rings. The van der Waals surface area contributed by atoms with Crippen LogP contribution >= 0.6 is 0 Å². The Morgan fingerprint density at radius 1 is 1.55 bits per heavy atom. The number of amidine groups is 1. The Kier molecular flexibility index (Phi) is 1.23. The van der Waals surface area contributed by atoms with E-state index < -0.39 is 0 Å². The van der Waals surface area contributed by atoms with E-state index in [0.29, 0.717) is 5.84 Å². The van der Waals surface area contributed by atoms with E-state index in [2.05, 4.69) is 15.3 Å². The van der Waals surface area contributed by atoms with Crippen LogP contribution in [0.3, 0.4) is 0 Å². The Bertz CT molecular complexity index is 285. The highest BCUT2D eigenvalue weighted by atomic mass is 15.4. The molecule has 0 saturated carbocycles. The number of hydrazine groups is 1. The first-order chi connectivity index (χ1) is 5.38. The summed E-state index contributed by atoms with van der Waals surface area (Å²) in [6, 6.07) is 0. The third-order valence-corrected chi connectivity index (χ3v) is 1.39. The molecular weight excluding hydrogens is 142 g/mol. The fourth-order valence-corrected chi connectivity index (χ4v) is 0.904. The molecule has 0 spiro atoms. The molecule has 56 valence electrons. The van der Waals surface area contributed by atoms with Gasteiger partial charge in [-0.15, -0.1) is 0 Å². The Hall–Kier alpha value is -1.62. The Morgan fingerprint density at radius 2 is 2.45 bits per heavy atom. The first-order valence-corrected chi connectivity index (χ1v) is 3.15. The van der Waals surface area contributed by atoms with Gasteiger partial charge in [-0.2, -0.15) is 0 Å². The zero-order valence-electron chi connectivity index (χ0n) is 5.73. The smallest absolute Gasteiger partial charge is 0.173 e. The highest BCUT2D eigenvalue weighted by Crippen LogP contribution is 2.05. The van der Waals surface area contributed by atoms with Gasteiger partial charge in [0.05, 0.1) is 6.20 Å². The molecule has 5 nitrogen and oxygen atoms in total. The minimum Gasteiger partial charge on any atom is -0.356 e. The van der Waals surface area contributed by atoms with Gasteiger partial charge in [-0.25, -0.2) is 20.8 Å². The van der Waals surface area contributed by atoms with E-state index in [4.69, 9.17) is 5.84 Å². The van der Waals surface area contributed by atoms with Crippen LogP contribution < -0.4 is 11.2 Å². The van der Waals surface area contributed by atoms with E-state index >= 15 is 0 Å². The number of nitrogens with one attached hydrogen (secondary N) is 1. The molecule has 0 amide bonds. The number of rotatable bonds is 0. The summed E-state index contributed by atoms with van der Waals surface area (Å²) in [4.78, 5) is 7.93. The Labute approximate surface area is 63.6 Å². The topological polar surface area (TPSA) is 66.0 Å². The highest BCUT2D eigenvalue weighted by Gasteiger charge is 2.14. The fraction of sp³-hybridized carbons (Fsp3) is 0. The van der Waals surface area contributed by atoms with Crippen molar-refractivity contribution in [2.24, 2.45) is 15.8 Å². The van der Waals surface area contributed by atoms with Crippen molar-refractivity contribution < 1.29 is 0 Å². The van der Waals surface area contributed by atoms with Gasteiger partial charge in [0.15, 0.2) is 5.84 Å². The van der Waals surface area contributed by atoms with Gasteiger partial charge in [-0.3, -0.25) is 0 Å². The SMILES string of the molecule is NN1C=NC=C2NC=CN=C21. The molecule has 2 aliphatic heterocycles. The quantitative estimate of drug-likeness (QED) is 0.457. The van der Waals surface area contributed by atoms with E-state index in [1.54, 1.807) is 18.6 Å². The van der Waals surface area contributed by atoms with Crippen LogP contribution in [-0.4, -0.2) is 17.2 Å². The molecule has 0 saturated heterocycles. The van der Waals surface area contributed by atoms with Crippen molar-refractivity contribution in [3.63, 3.8) is 0 Å². The maximum Gasteiger partial charge on any atom is 0.173 e. The predicted octanol–water partition coefficient (Wildman–Crippen LogP) is -0.482. The van der Waals surface area contributed by atoms with Gasteiger partial charge in [0.1, 0.15) is 12.0 Å². The van der Waals surface area contributed by atoms with Crippen molar-refractivity contribution >= 4 is 12.2 Å². The molecule has 0 radical (unpaired) electrons. The second kappa shape index (κ2) is 2.21. The standard InChI is InChI=1S/C6H7N5/c7-11-4-8-3-5-6(11)10-2-1-9-5/h1-4,9H,7H2. The largest absolute Gasteiger partial charge is 0.356 e. The number of hydrogen-bond acceptors (Lipinski definition) is 5. The van der Waals surface area contributed by atoms with Crippen LogP contribution in [0.4, 0.5) is 0 Å². The molecule has 0 atom stereocenters. The predicted molar refractivity (Wildman–Crippen MR) is 42.3 cm³/mol. The number of nitrogens with zero attached hydrogens (tertiary/aromatic N) is 3. The maximum absolute atomic E-state index is 5.53. The summed E-state index contributed by atoms with van der Waals surface area (Å²) in [5.41, 5.74) is 0.817. The monoisotopic (exact) mass is 149 g/mol. The van der Waals surface area contributed by atoms with Crippen LogP contribution in [0.1, 0.15) is 0 Å². The van der Waals surface area contributed by atoms with Crippen LogP contribution in [0.5, 0.6) is 0 Å². The summed E-state index contributed by atoms with van der Waals surface area (Å²) in [6.45, 7) is 0. The summed E-state index contributed by atoms with van der Waals surface area (Å²) < 4.78 is 0. The van der Waals surface area contributed by atoms with Crippen LogP contribution in [-0.2, 0) is 0 Å². The van der Waals surface area contributed by atoms with Gasteiger partial charge in [-0.05, 0) is 0 Å². The van der Waals surface area contributed by atoms with E-state index in [9.17, 15) is 0 Å². The third-order valence-electron chi connectivity index (χ3n) is 1.39. The van der Waals surface area contributed by atoms with Gasteiger partial charge in [0.25, 0.3) is 0 Å². The summed E-state index contributed by atoms with van der Waals surface area (Å²) >= 11 is 0. The van der Waals surface area contributed by atoms with Crippen molar-refractivity contribution in [3.8, 4) is 0 Å². The number of aliphatic imine (C=N–C) groups is 2. The van der Waals surface area contributed by atoms with Crippen molar-refractivity contribution in [2.45, 2.75) is 0 Å². The van der Waals surface area contributed by atoms with Crippen LogP contribution in [0.15, 0.2) is 34.3 Å². The molecule has 11 heavy (non-hydrogen) atoms. The number of hydrogen-bond donors (Lipinski definition) is 2. The molecule has 2 rings (SSSR count). The molecule has 0 unspecified atom stereocenters. The average Bonchev–Trinajstić information content (AvgIpc) is 2.06. The van der Waals surface area contributed by atoms with Crippen molar-refractivity contribution in [1.29, 1.82) is 0 Å². The summed E-state index contributed by atoms with van der Waals surface area (Å²) in [5.74, 6) is 6.21. The number of fused-ring (bicyclic) bond motifs is 1. The molecule has 5 heteroatoms. The van der Waals surface area contributed by atoms with Crippen molar-refractivity contribution in [1.82, 2.24) is 10.3 Å². The maximum atomic E-state index is 5.53. The lowest BCUT2D eigenvalue weighted by Gasteiger charge is -2.21.